The Kier molecular flexibility index (Phi) is 6.17. The minimum atomic E-state index is -4.85. The summed E-state index contributed by atoms with van der Waals surface area (Å²) in [6.07, 6.45) is -3.38. The summed E-state index contributed by atoms with van der Waals surface area (Å²) in [5.41, 5.74) is 1.20. The Morgan fingerprint density at radius 3 is 2.41 bits per heavy atom. The van der Waals surface area contributed by atoms with Crippen LogP contribution in [0.25, 0.3) is 0 Å². The van der Waals surface area contributed by atoms with Crippen LogP contribution in [0.15, 0.2) is 72.9 Å². The first-order chi connectivity index (χ1) is 16.2. The molecule has 0 unspecified atom stereocenters. The first kappa shape index (κ1) is 22.8. The average molecular weight is 470 g/mol. The Hall–Kier alpha value is -4.41. The molecule has 1 fully saturated rings. The molecule has 1 aliphatic heterocycles. The molecule has 0 aliphatic carbocycles. The predicted octanol–water partition coefficient (Wildman–Crippen LogP) is 4.20. The van der Waals surface area contributed by atoms with Crippen LogP contribution >= 0.6 is 0 Å². The summed E-state index contributed by atoms with van der Waals surface area (Å²) in [6, 6.07) is 15.6. The number of imide groups is 1. The lowest BCUT2D eigenvalue weighted by molar-refractivity contribution is -0.274. The van der Waals surface area contributed by atoms with Gasteiger partial charge in [0.15, 0.2) is 0 Å². The smallest absolute Gasteiger partial charge is 0.406 e. The lowest BCUT2D eigenvalue weighted by Gasteiger charge is -2.18. The number of nitrogens with zero attached hydrogens (tertiary/aromatic N) is 3. The third-order valence-corrected chi connectivity index (χ3v) is 4.84. The number of hydrogen-bond donors (Lipinski definition) is 1. The van der Waals surface area contributed by atoms with Crippen LogP contribution in [-0.4, -0.2) is 40.6 Å². The van der Waals surface area contributed by atoms with Crippen LogP contribution in [0.2, 0.25) is 0 Å². The first-order valence-electron chi connectivity index (χ1n) is 9.98. The molecule has 2 aromatic carbocycles. The zero-order chi connectivity index (χ0) is 24.3. The van der Waals surface area contributed by atoms with Crippen LogP contribution in [0.1, 0.15) is 15.9 Å². The van der Waals surface area contributed by atoms with Gasteiger partial charge in [0, 0.05) is 18.3 Å². The standard InChI is InChI=1S/C23H17F3N4O4/c24-23(25,26)34-18-8-6-17(7-9-18)30-20(31)14-29(22(30)33)13-15-10-11-27-19(12-15)28-21(32)16-4-2-1-3-5-16/h1-12H,13-14H2,(H,27,28,32). The fraction of sp³-hybridized carbons (Fsp3) is 0.130. The normalized spacial score (nSPS) is 13.9. The number of anilines is 2. The number of hydrogen-bond acceptors (Lipinski definition) is 5. The quantitative estimate of drug-likeness (QED) is 0.546. The van der Waals surface area contributed by atoms with E-state index in [1.807, 2.05) is 0 Å². The van der Waals surface area contributed by atoms with E-state index in [9.17, 15) is 27.6 Å². The molecule has 4 rings (SSSR count). The number of pyridine rings is 1. The van der Waals surface area contributed by atoms with Gasteiger partial charge in [0.1, 0.15) is 18.1 Å². The Balaban J connectivity index is 1.43. The molecule has 3 aromatic rings. The van der Waals surface area contributed by atoms with E-state index in [2.05, 4.69) is 15.0 Å². The van der Waals surface area contributed by atoms with E-state index in [1.54, 1.807) is 42.5 Å². The summed E-state index contributed by atoms with van der Waals surface area (Å²) < 4.78 is 40.8. The maximum atomic E-state index is 12.8. The summed E-state index contributed by atoms with van der Waals surface area (Å²) in [5.74, 6) is -1.06. The van der Waals surface area contributed by atoms with Crippen molar-refractivity contribution in [2.75, 3.05) is 16.8 Å². The predicted molar refractivity (Wildman–Crippen MR) is 115 cm³/mol. The number of aromatic nitrogens is 1. The lowest BCUT2D eigenvalue weighted by atomic mass is 10.2. The zero-order valence-electron chi connectivity index (χ0n) is 17.5. The summed E-state index contributed by atoms with van der Waals surface area (Å²) in [4.78, 5) is 43.9. The molecule has 174 valence electrons. The van der Waals surface area contributed by atoms with E-state index >= 15 is 0 Å². The molecule has 4 amide bonds. The molecule has 0 radical (unpaired) electrons. The Bertz CT molecular complexity index is 1220. The number of ether oxygens (including phenoxy) is 1. The summed E-state index contributed by atoms with van der Waals surface area (Å²) in [5, 5.41) is 2.68. The molecule has 34 heavy (non-hydrogen) atoms. The van der Waals surface area contributed by atoms with Gasteiger partial charge in [-0.2, -0.15) is 0 Å². The molecule has 11 heteroatoms. The van der Waals surface area contributed by atoms with Crippen molar-refractivity contribution in [1.29, 1.82) is 0 Å². The van der Waals surface area contributed by atoms with E-state index in [0.29, 0.717) is 11.1 Å². The number of alkyl halides is 3. The highest BCUT2D eigenvalue weighted by Gasteiger charge is 2.37. The second kappa shape index (κ2) is 9.22. The highest BCUT2D eigenvalue weighted by atomic mass is 19.4. The lowest BCUT2D eigenvalue weighted by Crippen LogP contribution is -2.32. The van der Waals surface area contributed by atoms with Gasteiger partial charge in [0.25, 0.3) is 11.8 Å². The molecule has 1 aliphatic rings. The van der Waals surface area contributed by atoms with Gasteiger partial charge < -0.3 is 15.0 Å². The Labute approximate surface area is 191 Å². The van der Waals surface area contributed by atoms with Crippen molar-refractivity contribution < 1.29 is 32.3 Å². The average Bonchev–Trinajstić information content (AvgIpc) is 3.07. The van der Waals surface area contributed by atoms with Crippen LogP contribution in [0.3, 0.4) is 0 Å². The van der Waals surface area contributed by atoms with Crippen molar-refractivity contribution in [1.82, 2.24) is 9.88 Å². The fourth-order valence-electron chi connectivity index (χ4n) is 3.36. The van der Waals surface area contributed by atoms with E-state index in [-0.39, 0.29) is 30.5 Å². The van der Waals surface area contributed by atoms with Gasteiger partial charge in [-0.15, -0.1) is 13.2 Å². The van der Waals surface area contributed by atoms with Gasteiger partial charge in [-0.25, -0.2) is 14.7 Å². The molecule has 0 bridgehead atoms. The topological polar surface area (TPSA) is 91.8 Å². The Morgan fingerprint density at radius 2 is 1.74 bits per heavy atom. The third kappa shape index (κ3) is 5.31. The van der Waals surface area contributed by atoms with Crippen LogP contribution in [-0.2, 0) is 11.3 Å². The van der Waals surface area contributed by atoms with Crippen LogP contribution < -0.4 is 15.0 Å². The Morgan fingerprint density at radius 1 is 1.03 bits per heavy atom. The number of halogens is 3. The number of carbonyl (C=O) groups excluding carboxylic acids is 3. The molecule has 1 N–H and O–H groups in total. The van der Waals surface area contributed by atoms with Crippen molar-refractivity contribution in [2.45, 2.75) is 12.9 Å². The monoisotopic (exact) mass is 470 g/mol. The second-order valence-electron chi connectivity index (χ2n) is 7.28. The molecular formula is C23H17F3N4O4. The largest absolute Gasteiger partial charge is 0.573 e. The molecule has 0 saturated carbocycles. The highest BCUT2D eigenvalue weighted by Crippen LogP contribution is 2.28. The number of nitrogens with one attached hydrogen (secondary N) is 1. The van der Waals surface area contributed by atoms with Crippen molar-refractivity contribution in [3.8, 4) is 5.75 Å². The molecule has 1 saturated heterocycles. The van der Waals surface area contributed by atoms with Crippen molar-refractivity contribution in [3.05, 3.63) is 84.1 Å². The molecule has 8 nitrogen and oxygen atoms in total. The van der Waals surface area contributed by atoms with Crippen LogP contribution in [0.5, 0.6) is 5.75 Å². The first-order valence-corrected chi connectivity index (χ1v) is 9.98. The fourth-order valence-corrected chi connectivity index (χ4v) is 3.36. The molecule has 2 heterocycles. The molecule has 1 aromatic heterocycles. The van der Waals surface area contributed by atoms with Crippen molar-refractivity contribution in [2.24, 2.45) is 0 Å². The zero-order valence-corrected chi connectivity index (χ0v) is 17.5. The van der Waals surface area contributed by atoms with E-state index in [0.717, 1.165) is 17.0 Å². The van der Waals surface area contributed by atoms with Crippen molar-refractivity contribution >= 4 is 29.4 Å². The van der Waals surface area contributed by atoms with Gasteiger partial charge in [0.05, 0.1) is 5.69 Å². The highest BCUT2D eigenvalue weighted by molar-refractivity contribution is 6.19. The number of carbonyl (C=O) groups is 3. The van der Waals surface area contributed by atoms with Crippen LogP contribution in [0, 0.1) is 0 Å². The summed E-state index contributed by atoms with van der Waals surface area (Å²) in [7, 11) is 0. The van der Waals surface area contributed by atoms with Gasteiger partial charge >= 0.3 is 12.4 Å². The number of amides is 4. The summed E-state index contributed by atoms with van der Waals surface area (Å²) >= 11 is 0. The van der Waals surface area contributed by atoms with E-state index in [4.69, 9.17) is 0 Å². The minimum absolute atomic E-state index is 0.0626. The number of urea groups is 1. The number of benzene rings is 2. The van der Waals surface area contributed by atoms with Gasteiger partial charge in [0.2, 0.25) is 0 Å². The summed E-state index contributed by atoms with van der Waals surface area (Å²) in [6.45, 7) is -0.152. The molecule has 0 spiro atoms. The van der Waals surface area contributed by atoms with Gasteiger partial charge in [-0.05, 0) is 54.1 Å². The SMILES string of the molecule is O=C(Nc1cc(CN2CC(=O)N(c3ccc(OC(F)(F)F)cc3)C2=O)ccn1)c1ccccc1. The van der Waals surface area contributed by atoms with Crippen molar-refractivity contribution in [3.63, 3.8) is 0 Å². The molecular weight excluding hydrogens is 453 g/mol. The van der Waals surface area contributed by atoms with Gasteiger partial charge in [-0.3, -0.25) is 9.59 Å². The number of rotatable bonds is 6. The van der Waals surface area contributed by atoms with E-state index in [1.165, 1.54) is 23.2 Å². The maximum absolute atomic E-state index is 12.8. The third-order valence-electron chi connectivity index (χ3n) is 4.84. The second-order valence-corrected chi connectivity index (χ2v) is 7.28. The minimum Gasteiger partial charge on any atom is -0.406 e. The molecule has 0 atom stereocenters. The maximum Gasteiger partial charge on any atom is 0.573 e. The van der Waals surface area contributed by atoms with E-state index < -0.39 is 24.1 Å². The van der Waals surface area contributed by atoms with Gasteiger partial charge in [-0.1, -0.05) is 18.2 Å². The van der Waals surface area contributed by atoms with Crippen LogP contribution in [0.4, 0.5) is 29.5 Å².